The number of hydrogen-bond acceptors (Lipinski definition) is 5. The number of nitrogens with one attached hydrogen (secondary N) is 2. The fourth-order valence-electron chi connectivity index (χ4n) is 3.30. The Kier molecular flexibility index (Phi) is 5.90. The van der Waals surface area contributed by atoms with Gasteiger partial charge in [0.15, 0.2) is 11.6 Å². The average Bonchev–Trinajstić information content (AvgIpc) is 3.11. The largest absolute Gasteiger partial charge is 0.494 e. The number of halogens is 1. The van der Waals surface area contributed by atoms with Gasteiger partial charge in [-0.3, -0.25) is 10.00 Å². The average molecular weight is 362 g/mol. The maximum Gasteiger partial charge on any atom is 0.165 e. The molecule has 0 atom stereocenters. The van der Waals surface area contributed by atoms with Gasteiger partial charge in [0.25, 0.3) is 0 Å². The zero-order valence-corrected chi connectivity index (χ0v) is 15.6. The molecule has 3 rings (SSSR count). The Hall–Kier alpha value is -1.96. The summed E-state index contributed by atoms with van der Waals surface area (Å²) in [4.78, 5) is 2.44. The lowest BCUT2D eigenvalue weighted by atomic mass is 10.0. The van der Waals surface area contributed by atoms with Crippen LogP contribution in [0.4, 0.5) is 4.39 Å². The molecule has 0 saturated carbocycles. The minimum atomic E-state index is -0.382. The van der Waals surface area contributed by atoms with Crippen molar-refractivity contribution in [3.8, 4) is 17.0 Å². The van der Waals surface area contributed by atoms with Crippen LogP contribution in [0.2, 0.25) is 0 Å². The van der Waals surface area contributed by atoms with Crippen LogP contribution in [0.15, 0.2) is 24.4 Å². The van der Waals surface area contributed by atoms with E-state index in [4.69, 9.17) is 9.47 Å². The Morgan fingerprint density at radius 1 is 1.35 bits per heavy atom. The molecule has 0 radical (unpaired) electrons. The number of morpholine rings is 1. The molecule has 0 aliphatic carbocycles. The molecule has 1 aromatic carbocycles. The first kappa shape index (κ1) is 18.8. The Morgan fingerprint density at radius 3 is 2.81 bits per heavy atom. The normalized spacial score (nSPS) is 16.0. The Labute approximate surface area is 153 Å². The molecule has 2 heterocycles. The summed E-state index contributed by atoms with van der Waals surface area (Å²) in [6.45, 7) is 9.47. The molecule has 0 amide bonds. The molecule has 1 aromatic heterocycles. The summed E-state index contributed by atoms with van der Waals surface area (Å²) in [5.74, 6) is -0.146. The van der Waals surface area contributed by atoms with Crippen molar-refractivity contribution in [2.45, 2.75) is 25.9 Å². The van der Waals surface area contributed by atoms with Crippen LogP contribution in [0.1, 0.15) is 19.4 Å². The van der Waals surface area contributed by atoms with Crippen molar-refractivity contribution in [3.63, 3.8) is 0 Å². The minimum absolute atomic E-state index is 0.0416. The Bertz CT molecular complexity index is 726. The van der Waals surface area contributed by atoms with E-state index in [0.29, 0.717) is 6.54 Å². The molecule has 1 aliphatic rings. The van der Waals surface area contributed by atoms with E-state index in [-0.39, 0.29) is 17.1 Å². The van der Waals surface area contributed by atoms with Gasteiger partial charge in [-0.1, -0.05) is 0 Å². The highest BCUT2D eigenvalue weighted by Gasteiger charge is 2.27. The molecule has 0 bridgehead atoms. The van der Waals surface area contributed by atoms with Gasteiger partial charge in [0.2, 0.25) is 0 Å². The highest BCUT2D eigenvalue weighted by molar-refractivity contribution is 5.63. The summed E-state index contributed by atoms with van der Waals surface area (Å²) in [6.07, 6.45) is 1.78. The lowest BCUT2D eigenvalue weighted by molar-refractivity contribution is -0.00966. The second-order valence-electron chi connectivity index (χ2n) is 7.13. The number of ether oxygens (including phenoxy) is 2. The summed E-state index contributed by atoms with van der Waals surface area (Å²) in [5.41, 5.74) is 2.63. The Morgan fingerprint density at radius 2 is 2.12 bits per heavy atom. The third-order valence-corrected chi connectivity index (χ3v) is 4.90. The summed E-state index contributed by atoms with van der Waals surface area (Å²) in [6, 6.07) is 4.92. The molecular formula is C19H27FN4O2. The molecule has 1 fully saturated rings. The molecular weight excluding hydrogens is 335 g/mol. The highest BCUT2D eigenvalue weighted by atomic mass is 19.1. The van der Waals surface area contributed by atoms with Crippen LogP contribution in [0.3, 0.4) is 0 Å². The van der Waals surface area contributed by atoms with Crippen LogP contribution in [-0.4, -0.2) is 60.6 Å². The number of aromatic nitrogens is 2. The zero-order chi connectivity index (χ0) is 18.6. The van der Waals surface area contributed by atoms with Gasteiger partial charge < -0.3 is 14.8 Å². The van der Waals surface area contributed by atoms with E-state index in [9.17, 15) is 4.39 Å². The van der Waals surface area contributed by atoms with Crippen LogP contribution < -0.4 is 10.1 Å². The van der Waals surface area contributed by atoms with Gasteiger partial charge in [0.05, 0.1) is 32.2 Å². The van der Waals surface area contributed by atoms with E-state index in [1.807, 2.05) is 6.07 Å². The molecule has 0 spiro atoms. The van der Waals surface area contributed by atoms with Crippen LogP contribution in [0.5, 0.6) is 5.75 Å². The fraction of sp³-hybridized carbons (Fsp3) is 0.526. The fourth-order valence-corrected chi connectivity index (χ4v) is 3.30. The summed E-state index contributed by atoms with van der Waals surface area (Å²) in [7, 11) is 1.46. The van der Waals surface area contributed by atoms with Gasteiger partial charge in [0, 0.05) is 42.8 Å². The molecule has 1 saturated heterocycles. The van der Waals surface area contributed by atoms with E-state index < -0.39 is 0 Å². The van der Waals surface area contributed by atoms with Crippen LogP contribution in [-0.2, 0) is 11.3 Å². The number of benzene rings is 1. The van der Waals surface area contributed by atoms with Gasteiger partial charge in [-0.15, -0.1) is 0 Å². The second kappa shape index (κ2) is 8.16. The maximum atomic E-state index is 14.0. The maximum absolute atomic E-state index is 14.0. The highest BCUT2D eigenvalue weighted by Crippen LogP contribution is 2.26. The van der Waals surface area contributed by atoms with Crippen molar-refractivity contribution >= 4 is 0 Å². The molecule has 1 aliphatic heterocycles. The predicted molar refractivity (Wildman–Crippen MR) is 98.7 cm³/mol. The smallest absolute Gasteiger partial charge is 0.165 e. The summed E-state index contributed by atoms with van der Waals surface area (Å²) >= 11 is 0. The van der Waals surface area contributed by atoms with Crippen molar-refractivity contribution in [1.82, 2.24) is 20.4 Å². The first-order chi connectivity index (χ1) is 12.5. The lowest BCUT2D eigenvalue weighted by Crippen LogP contribution is -2.54. The molecule has 0 unspecified atom stereocenters. The van der Waals surface area contributed by atoms with Gasteiger partial charge >= 0.3 is 0 Å². The molecule has 6 nitrogen and oxygen atoms in total. The van der Waals surface area contributed by atoms with E-state index in [1.54, 1.807) is 12.3 Å². The number of hydrogen-bond donors (Lipinski definition) is 2. The van der Waals surface area contributed by atoms with Gasteiger partial charge in [0.1, 0.15) is 0 Å². The third kappa shape index (κ3) is 4.23. The lowest BCUT2D eigenvalue weighted by Gasteiger charge is -2.41. The van der Waals surface area contributed by atoms with Crippen molar-refractivity contribution < 1.29 is 13.9 Å². The number of H-pyrrole nitrogens is 1. The summed E-state index contributed by atoms with van der Waals surface area (Å²) in [5, 5.41) is 10.6. The third-order valence-electron chi connectivity index (χ3n) is 4.90. The number of nitrogens with zero attached hydrogens (tertiary/aromatic N) is 2. The summed E-state index contributed by atoms with van der Waals surface area (Å²) < 4.78 is 24.4. The number of aromatic amines is 1. The first-order valence-corrected chi connectivity index (χ1v) is 8.91. The van der Waals surface area contributed by atoms with E-state index in [1.165, 1.54) is 13.2 Å². The monoisotopic (exact) mass is 362 g/mol. The van der Waals surface area contributed by atoms with Crippen molar-refractivity contribution in [2.75, 3.05) is 40.0 Å². The first-order valence-electron chi connectivity index (χ1n) is 8.91. The standard InChI is InChI=1S/C19H27FN4O2/c1-19(2,24-6-8-26-9-7-24)13-21-11-15-12-22-23-18(15)14-4-5-17(25-3)16(20)10-14/h4-5,10,12,21H,6-9,11,13H2,1-3H3,(H,22,23). The van der Waals surface area contributed by atoms with Crippen molar-refractivity contribution in [1.29, 1.82) is 0 Å². The minimum Gasteiger partial charge on any atom is -0.494 e. The Balaban J connectivity index is 1.63. The topological polar surface area (TPSA) is 62.4 Å². The van der Waals surface area contributed by atoms with Gasteiger partial charge in [-0.2, -0.15) is 5.10 Å². The molecule has 2 aromatic rings. The van der Waals surface area contributed by atoms with Gasteiger partial charge in [-0.05, 0) is 32.0 Å². The molecule has 2 N–H and O–H groups in total. The number of rotatable bonds is 7. The van der Waals surface area contributed by atoms with Crippen LogP contribution in [0.25, 0.3) is 11.3 Å². The van der Waals surface area contributed by atoms with Crippen molar-refractivity contribution in [3.05, 3.63) is 35.8 Å². The number of methoxy groups -OCH3 is 1. The SMILES string of the molecule is COc1ccc(-c2[nH]ncc2CNCC(C)(C)N2CCOCC2)cc1F. The van der Waals surface area contributed by atoms with E-state index in [0.717, 1.165) is 49.7 Å². The van der Waals surface area contributed by atoms with E-state index >= 15 is 0 Å². The zero-order valence-electron chi connectivity index (χ0n) is 15.6. The molecule has 142 valence electrons. The van der Waals surface area contributed by atoms with Crippen molar-refractivity contribution in [2.24, 2.45) is 0 Å². The van der Waals surface area contributed by atoms with Gasteiger partial charge in [-0.25, -0.2) is 4.39 Å². The predicted octanol–water partition coefficient (Wildman–Crippen LogP) is 2.42. The molecule has 26 heavy (non-hydrogen) atoms. The van der Waals surface area contributed by atoms with Crippen LogP contribution in [0, 0.1) is 5.82 Å². The van der Waals surface area contributed by atoms with E-state index in [2.05, 4.69) is 34.3 Å². The second-order valence-corrected chi connectivity index (χ2v) is 7.13. The quantitative estimate of drug-likeness (QED) is 0.792. The van der Waals surface area contributed by atoms with Crippen LogP contribution >= 0.6 is 0 Å². The molecule has 7 heteroatoms.